The Kier molecular flexibility index (Phi) is 7.60. The molecule has 40 heavy (non-hydrogen) atoms. The molecular formula is C32H26N4S4. The molecule has 0 atom stereocenters. The van der Waals surface area contributed by atoms with E-state index < -0.39 is 0 Å². The average Bonchev–Trinajstić information content (AvgIpc) is 3.78. The molecule has 0 aromatic carbocycles. The Morgan fingerprint density at radius 3 is 1.52 bits per heavy atom. The van der Waals surface area contributed by atoms with Crippen LogP contribution in [0.3, 0.4) is 0 Å². The third-order valence-electron chi connectivity index (χ3n) is 6.78. The molecule has 8 heteroatoms. The van der Waals surface area contributed by atoms with Crippen LogP contribution < -0.4 is 0 Å². The number of thiophene rings is 4. The van der Waals surface area contributed by atoms with Crippen LogP contribution >= 0.6 is 45.3 Å². The van der Waals surface area contributed by atoms with Crippen molar-refractivity contribution in [2.45, 2.75) is 39.8 Å². The van der Waals surface area contributed by atoms with E-state index in [0.717, 1.165) is 47.1 Å². The number of rotatable bonds is 9. The largest absolute Gasteiger partial charge is 0.340 e. The maximum Gasteiger partial charge on any atom is 0.101 e. The Balaban J connectivity index is 1.40. The number of aryl methyl sites for hydroxylation is 2. The van der Waals surface area contributed by atoms with E-state index in [0.29, 0.717) is 11.1 Å². The molecule has 0 spiro atoms. The Morgan fingerprint density at radius 2 is 1.18 bits per heavy atom. The highest BCUT2D eigenvalue weighted by molar-refractivity contribution is 7.28. The van der Waals surface area contributed by atoms with Gasteiger partial charge in [0.2, 0.25) is 0 Å². The van der Waals surface area contributed by atoms with Gasteiger partial charge in [0, 0.05) is 44.0 Å². The second-order valence-electron chi connectivity index (χ2n) is 9.46. The predicted molar refractivity (Wildman–Crippen MR) is 175 cm³/mol. The lowest BCUT2D eigenvalue weighted by Crippen LogP contribution is -1.98. The number of fused-ring (bicyclic) bond motifs is 2. The third-order valence-corrected chi connectivity index (χ3v) is 10.9. The van der Waals surface area contributed by atoms with Gasteiger partial charge in [-0.3, -0.25) is 0 Å². The predicted octanol–water partition coefficient (Wildman–Crippen LogP) is 10.5. The van der Waals surface area contributed by atoms with Crippen LogP contribution in [0.4, 0.5) is 0 Å². The van der Waals surface area contributed by atoms with Crippen molar-refractivity contribution in [3.8, 4) is 21.9 Å². The molecule has 198 valence electrons. The van der Waals surface area contributed by atoms with E-state index >= 15 is 0 Å². The van der Waals surface area contributed by atoms with Crippen molar-refractivity contribution >= 4 is 89.1 Å². The zero-order chi connectivity index (χ0) is 27.6. The molecule has 0 aliphatic rings. The lowest BCUT2D eigenvalue weighted by Gasteiger charge is -2.07. The minimum atomic E-state index is 0.707. The summed E-state index contributed by atoms with van der Waals surface area (Å²) < 4.78 is 7.18. The van der Waals surface area contributed by atoms with E-state index in [1.54, 1.807) is 22.7 Å². The number of hydrogen-bond acceptors (Lipinski definition) is 6. The van der Waals surface area contributed by atoms with Gasteiger partial charge < -0.3 is 9.13 Å². The molecule has 0 radical (unpaired) electrons. The van der Waals surface area contributed by atoms with Gasteiger partial charge in [-0.15, -0.1) is 45.3 Å². The highest BCUT2D eigenvalue weighted by atomic mass is 32.1. The summed E-state index contributed by atoms with van der Waals surface area (Å²) in [6.07, 6.45) is 6.10. The van der Waals surface area contributed by atoms with Gasteiger partial charge in [-0.2, -0.15) is 10.5 Å². The molecule has 4 nitrogen and oxygen atoms in total. The molecular weight excluding hydrogens is 569 g/mol. The third kappa shape index (κ3) is 4.89. The number of allylic oxidation sites excluding steroid dienone is 2. The first-order chi connectivity index (χ1) is 19.6. The smallest absolute Gasteiger partial charge is 0.101 e. The van der Waals surface area contributed by atoms with Gasteiger partial charge in [0.25, 0.3) is 0 Å². The van der Waals surface area contributed by atoms with Gasteiger partial charge in [-0.1, -0.05) is 26.0 Å². The summed E-state index contributed by atoms with van der Waals surface area (Å²) in [7, 11) is 0. The molecule has 0 bridgehead atoms. The molecule has 6 aromatic heterocycles. The van der Waals surface area contributed by atoms with E-state index in [4.69, 9.17) is 0 Å². The summed E-state index contributed by atoms with van der Waals surface area (Å²) in [6.45, 7) is 6.20. The summed E-state index contributed by atoms with van der Waals surface area (Å²) in [5.74, 6) is 0. The molecule has 0 aliphatic carbocycles. The van der Waals surface area contributed by atoms with Crippen molar-refractivity contribution < 1.29 is 0 Å². The second kappa shape index (κ2) is 11.4. The maximum absolute atomic E-state index is 9.80. The lowest BCUT2D eigenvalue weighted by atomic mass is 10.2. The first-order valence-corrected chi connectivity index (χ1v) is 16.6. The van der Waals surface area contributed by atoms with Crippen LogP contribution in [-0.4, -0.2) is 9.13 Å². The summed E-state index contributed by atoms with van der Waals surface area (Å²) in [5, 5.41) is 23.6. The van der Waals surface area contributed by atoms with Crippen LogP contribution in [0, 0.1) is 22.7 Å². The molecule has 0 amide bonds. The summed E-state index contributed by atoms with van der Waals surface area (Å²) in [5.41, 5.74) is 6.03. The highest BCUT2D eigenvalue weighted by Gasteiger charge is 2.17. The van der Waals surface area contributed by atoms with Gasteiger partial charge >= 0.3 is 0 Å². The average molecular weight is 595 g/mol. The molecule has 0 aliphatic heterocycles. The quantitative estimate of drug-likeness (QED) is 0.156. The van der Waals surface area contributed by atoms with Crippen LogP contribution in [0.15, 0.2) is 59.3 Å². The molecule has 6 aromatic rings. The van der Waals surface area contributed by atoms with Crippen molar-refractivity contribution in [1.82, 2.24) is 9.13 Å². The molecule has 0 fully saturated rings. The Labute approximate surface area is 249 Å². The fraction of sp³-hybridized carbons (Fsp3) is 0.188. The normalized spacial score (nSPS) is 12.4. The van der Waals surface area contributed by atoms with Gasteiger partial charge in [0.1, 0.15) is 12.1 Å². The molecule has 6 heterocycles. The Morgan fingerprint density at radius 1 is 0.725 bits per heavy atom. The first kappa shape index (κ1) is 26.6. The topological polar surface area (TPSA) is 57.4 Å². The fourth-order valence-electron chi connectivity index (χ4n) is 5.03. The van der Waals surface area contributed by atoms with Crippen molar-refractivity contribution in [2.75, 3.05) is 0 Å². The van der Waals surface area contributed by atoms with Crippen molar-refractivity contribution in [3.05, 3.63) is 80.4 Å². The molecule has 0 unspecified atom stereocenters. The summed E-state index contributed by atoms with van der Waals surface area (Å²) >= 11 is 6.83. The van der Waals surface area contributed by atoms with Crippen LogP contribution in [0.1, 0.15) is 47.8 Å². The number of nitriles is 2. The van der Waals surface area contributed by atoms with Gasteiger partial charge in [-0.05, 0) is 72.2 Å². The SMILES string of the molecule is CCCn1c(/C=C(\C#N)c2cccs2)cc2sc(-c3cc4c(cc(/C=C(\C#N)c5cccs5)n4CCC)s3)cc21. The Bertz CT molecular complexity index is 1790. The van der Waals surface area contributed by atoms with E-state index in [-0.39, 0.29) is 0 Å². The molecule has 6 rings (SSSR count). The number of hydrogen-bond donors (Lipinski definition) is 0. The zero-order valence-corrected chi connectivity index (χ0v) is 25.4. The standard InChI is InChI=1S/C32H26N4S4/c1-3-9-35-23(13-21(19-33)27-7-5-11-37-27)15-29-25(35)17-31(39-29)32-18-26-30(40-32)16-24(36(26)10-4-2)14-22(20-34)28-8-6-12-38-28/h5-8,11-18H,3-4,9-10H2,1-2H3/b21-13+,22-14+. The highest BCUT2D eigenvalue weighted by Crippen LogP contribution is 2.42. The zero-order valence-electron chi connectivity index (χ0n) is 22.2. The number of nitrogens with zero attached hydrogens (tertiary/aromatic N) is 4. The second-order valence-corrected chi connectivity index (χ2v) is 13.5. The van der Waals surface area contributed by atoms with Gasteiger partial charge in [0.05, 0.1) is 31.6 Å². The maximum atomic E-state index is 9.80. The lowest BCUT2D eigenvalue weighted by molar-refractivity contribution is 0.698. The van der Waals surface area contributed by atoms with E-state index in [1.807, 2.05) is 69.9 Å². The van der Waals surface area contributed by atoms with Gasteiger partial charge in [0.15, 0.2) is 0 Å². The van der Waals surface area contributed by atoms with Crippen molar-refractivity contribution in [2.24, 2.45) is 0 Å². The van der Waals surface area contributed by atoms with Crippen molar-refractivity contribution in [3.63, 3.8) is 0 Å². The summed E-state index contributed by atoms with van der Waals surface area (Å²) in [6, 6.07) is 21.8. The van der Waals surface area contributed by atoms with Crippen LogP contribution in [0.25, 0.3) is 53.5 Å². The minimum Gasteiger partial charge on any atom is -0.340 e. The van der Waals surface area contributed by atoms with Gasteiger partial charge in [-0.25, -0.2) is 0 Å². The molecule has 0 saturated heterocycles. The monoisotopic (exact) mass is 594 g/mol. The van der Waals surface area contributed by atoms with E-state index in [9.17, 15) is 10.5 Å². The number of aromatic nitrogens is 2. The summed E-state index contributed by atoms with van der Waals surface area (Å²) in [4.78, 5) is 4.53. The first-order valence-electron chi connectivity index (χ1n) is 13.2. The van der Waals surface area contributed by atoms with Crippen molar-refractivity contribution in [1.29, 1.82) is 10.5 Å². The molecule has 0 N–H and O–H groups in total. The van der Waals surface area contributed by atoms with E-state index in [2.05, 4.69) is 59.4 Å². The van der Waals surface area contributed by atoms with E-state index in [1.165, 1.54) is 30.2 Å². The fourth-order valence-corrected chi connectivity index (χ4v) is 8.70. The van der Waals surface area contributed by atoms with Crippen LogP contribution in [0.5, 0.6) is 0 Å². The van der Waals surface area contributed by atoms with Crippen LogP contribution in [0.2, 0.25) is 0 Å². The van der Waals surface area contributed by atoms with Crippen LogP contribution in [-0.2, 0) is 13.1 Å². The Hall–Kier alpha value is -3.66. The minimum absolute atomic E-state index is 0.707. The molecule has 0 saturated carbocycles.